The van der Waals surface area contributed by atoms with E-state index in [0.717, 1.165) is 17.0 Å². The molecule has 0 aliphatic carbocycles. The maximum absolute atomic E-state index is 6.31. The first-order chi connectivity index (χ1) is 10.0. The van der Waals surface area contributed by atoms with E-state index in [0.29, 0.717) is 6.54 Å². The number of hydrogen-bond donors (Lipinski definition) is 1. The molecule has 2 N–H and O–H groups in total. The van der Waals surface area contributed by atoms with Crippen LogP contribution >= 0.6 is 11.6 Å². The van der Waals surface area contributed by atoms with Gasteiger partial charge in [0.05, 0.1) is 6.04 Å². The second-order valence-corrected chi connectivity index (χ2v) is 5.87. The van der Waals surface area contributed by atoms with Crippen LogP contribution in [0.5, 0.6) is 0 Å². The molecule has 0 aromatic heterocycles. The molecule has 0 aliphatic rings. The van der Waals surface area contributed by atoms with Crippen molar-refractivity contribution in [3.8, 4) is 0 Å². The fourth-order valence-electron chi connectivity index (χ4n) is 2.58. The second-order valence-electron chi connectivity index (χ2n) is 5.46. The van der Waals surface area contributed by atoms with E-state index in [2.05, 4.69) is 50.1 Å². The van der Waals surface area contributed by atoms with Crippen molar-refractivity contribution in [2.45, 2.75) is 26.3 Å². The van der Waals surface area contributed by atoms with E-state index in [9.17, 15) is 0 Å². The summed E-state index contributed by atoms with van der Waals surface area (Å²) >= 11 is 6.31. The maximum Gasteiger partial charge on any atom is 0.0525 e. The lowest BCUT2D eigenvalue weighted by Crippen LogP contribution is -2.22. The number of rotatable bonds is 5. The molecule has 0 spiro atoms. The Hall–Kier alpha value is -1.51. The molecule has 2 rings (SSSR count). The molecule has 2 aromatic carbocycles. The summed E-state index contributed by atoms with van der Waals surface area (Å²) in [5, 5.41) is 0.813. The predicted octanol–water partition coefficient (Wildman–Crippen LogP) is 4.35. The summed E-state index contributed by atoms with van der Waals surface area (Å²) in [6, 6.07) is 14.8. The zero-order valence-corrected chi connectivity index (χ0v) is 13.7. The van der Waals surface area contributed by atoms with Crippen LogP contribution in [0.1, 0.15) is 29.7 Å². The monoisotopic (exact) mass is 302 g/mol. The van der Waals surface area contributed by atoms with E-state index < -0.39 is 0 Å². The van der Waals surface area contributed by atoms with E-state index in [-0.39, 0.29) is 6.04 Å². The molecule has 21 heavy (non-hydrogen) atoms. The smallest absolute Gasteiger partial charge is 0.0525 e. The number of benzene rings is 2. The molecule has 1 unspecified atom stereocenters. The Bertz CT molecular complexity index is 610. The first-order valence-electron chi connectivity index (χ1n) is 7.31. The van der Waals surface area contributed by atoms with Gasteiger partial charge in [0.15, 0.2) is 0 Å². The van der Waals surface area contributed by atoms with E-state index in [1.807, 2.05) is 18.2 Å². The summed E-state index contributed by atoms with van der Waals surface area (Å²) in [6.07, 6.45) is 0.926. The number of hydrogen-bond acceptors (Lipinski definition) is 2. The Morgan fingerprint density at radius 1 is 1.19 bits per heavy atom. The zero-order chi connectivity index (χ0) is 15.4. The van der Waals surface area contributed by atoms with Gasteiger partial charge in [-0.3, -0.25) is 0 Å². The van der Waals surface area contributed by atoms with Crippen molar-refractivity contribution in [1.29, 1.82) is 0 Å². The molecule has 0 amide bonds. The largest absolute Gasteiger partial charge is 0.368 e. The van der Waals surface area contributed by atoms with Gasteiger partial charge in [-0.1, -0.05) is 35.9 Å². The number of anilines is 1. The van der Waals surface area contributed by atoms with Crippen LogP contribution in [0.4, 0.5) is 5.69 Å². The summed E-state index contributed by atoms with van der Waals surface area (Å²) in [4.78, 5) is 2.25. The van der Waals surface area contributed by atoms with Crippen molar-refractivity contribution in [2.24, 2.45) is 5.73 Å². The topological polar surface area (TPSA) is 29.3 Å². The van der Waals surface area contributed by atoms with Crippen LogP contribution in [-0.2, 0) is 6.42 Å². The van der Waals surface area contributed by atoms with Gasteiger partial charge in [0.1, 0.15) is 0 Å². The Labute approximate surface area is 132 Å². The number of aryl methyl sites for hydroxylation is 1. The average Bonchev–Trinajstić information content (AvgIpc) is 2.48. The minimum atomic E-state index is 0.221. The van der Waals surface area contributed by atoms with Gasteiger partial charge in [-0.2, -0.15) is 0 Å². The lowest BCUT2D eigenvalue weighted by Gasteiger charge is -2.28. The van der Waals surface area contributed by atoms with Gasteiger partial charge in [0.2, 0.25) is 0 Å². The molecule has 0 heterocycles. The Morgan fingerprint density at radius 3 is 2.52 bits per heavy atom. The minimum Gasteiger partial charge on any atom is -0.368 e. The molecule has 0 saturated heterocycles. The van der Waals surface area contributed by atoms with Gasteiger partial charge in [-0.25, -0.2) is 0 Å². The van der Waals surface area contributed by atoms with Crippen LogP contribution in [0.2, 0.25) is 5.02 Å². The zero-order valence-electron chi connectivity index (χ0n) is 12.9. The lowest BCUT2D eigenvalue weighted by atomic mass is 10.0. The number of nitrogens with two attached hydrogens (primary N) is 1. The normalized spacial score (nSPS) is 12.2. The number of nitrogens with zero attached hydrogens (tertiary/aromatic N) is 1. The van der Waals surface area contributed by atoms with Crippen molar-refractivity contribution in [3.63, 3.8) is 0 Å². The molecular formula is C18H23ClN2. The van der Waals surface area contributed by atoms with Gasteiger partial charge in [0, 0.05) is 17.8 Å². The quantitative estimate of drug-likeness (QED) is 0.890. The first-order valence-corrected chi connectivity index (χ1v) is 7.69. The van der Waals surface area contributed by atoms with Crippen molar-refractivity contribution in [2.75, 3.05) is 18.5 Å². The van der Waals surface area contributed by atoms with Gasteiger partial charge in [0.25, 0.3) is 0 Å². The third-order valence-corrected chi connectivity index (χ3v) is 4.43. The fraction of sp³-hybridized carbons (Fsp3) is 0.333. The standard InChI is InChI=1S/C18H23ClN2/c1-13-12-16(9-8-15(13)10-11-20)21(3)14(2)17-6-4-5-7-18(17)19/h4-9,12,14H,10-11,20H2,1-3H3. The van der Waals surface area contributed by atoms with Crippen LogP contribution in [-0.4, -0.2) is 13.6 Å². The molecular weight excluding hydrogens is 280 g/mol. The number of halogens is 1. The molecule has 0 fully saturated rings. The minimum absolute atomic E-state index is 0.221. The average molecular weight is 303 g/mol. The summed E-state index contributed by atoms with van der Waals surface area (Å²) in [5.41, 5.74) is 10.6. The van der Waals surface area contributed by atoms with Gasteiger partial charge >= 0.3 is 0 Å². The summed E-state index contributed by atoms with van der Waals surface area (Å²) in [5.74, 6) is 0. The van der Waals surface area contributed by atoms with Crippen LogP contribution in [0.25, 0.3) is 0 Å². The molecule has 2 aromatic rings. The Morgan fingerprint density at radius 2 is 1.90 bits per heavy atom. The highest BCUT2D eigenvalue weighted by Crippen LogP contribution is 2.30. The second kappa shape index (κ2) is 6.97. The van der Waals surface area contributed by atoms with Crippen molar-refractivity contribution >= 4 is 17.3 Å². The molecule has 1 atom stereocenters. The summed E-state index contributed by atoms with van der Waals surface area (Å²) in [7, 11) is 2.10. The van der Waals surface area contributed by atoms with Crippen LogP contribution < -0.4 is 10.6 Å². The molecule has 0 saturated carbocycles. The van der Waals surface area contributed by atoms with E-state index >= 15 is 0 Å². The van der Waals surface area contributed by atoms with E-state index in [1.54, 1.807) is 0 Å². The van der Waals surface area contributed by atoms with Gasteiger partial charge in [-0.05, 0) is 61.7 Å². The highest BCUT2D eigenvalue weighted by Gasteiger charge is 2.15. The summed E-state index contributed by atoms with van der Waals surface area (Å²) < 4.78 is 0. The molecule has 0 bridgehead atoms. The third-order valence-electron chi connectivity index (χ3n) is 4.08. The van der Waals surface area contributed by atoms with Gasteiger partial charge in [-0.15, -0.1) is 0 Å². The Kier molecular flexibility index (Phi) is 5.27. The molecule has 3 heteroatoms. The van der Waals surface area contributed by atoms with Crippen molar-refractivity contribution < 1.29 is 0 Å². The molecule has 0 aliphatic heterocycles. The third kappa shape index (κ3) is 3.58. The highest BCUT2D eigenvalue weighted by molar-refractivity contribution is 6.31. The van der Waals surface area contributed by atoms with Gasteiger partial charge < -0.3 is 10.6 Å². The molecule has 112 valence electrons. The van der Waals surface area contributed by atoms with Crippen LogP contribution in [0.15, 0.2) is 42.5 Å². The van der Waals surface area contributed by atoms with Crippen LogP contribution in [0, 0.1) is 6.92 Å². The molecule has 2 nitrogen and oxygen atoms in total. The Balaban J connectivity index is 2.25. The highest BCUT2D eigenvalue weighted by atomic mass is 35.5. The van der Waals surface area contributed by atoms with E-state index in [4.69, 9.17) is 17.3 Å². The van der Waals surface area contributed by atoms with Crippen molar-refractivity contribution in [1.82, 2.24) is 0 Å². The predicted molar refractivity (Wildman–Crippen MR) is 92.2 cm³/mol. The first kappa shape index (κ1) is 15.9. The maximum atomic E-state index is 6.31. The summed E-state index contributed by atoms with van der Waals surface area (Å²) in [6.45, 7) is 5.00. The van der Waals surface area contributed by atoms with Crippen LogP contribution in [0.3, 0.4) is 0 Å². The SMILES string of the molecule is Cc1cc(N(C)C(C)c2ccccc2Cl)ccc1CCN. The van der Waals surface area contributed by atoms with Crippen molar-refractivity contribution in [3.05, 3.63) is 64.2 Å². The fourth-order valence-corrected chi connectivity index (χ4v) is 2.88. The van der Waals surface area contributed by atoms with E-state index in [1.165, 1.54) is 16.8 Å². The molecule has 0 radical (unpaired) electrons. The lowest BCUT2D eigenvalue weighted by molar-refractivity contribution is 0.739.